The lowest BCUT2D eigenvalue weighted by Gasteiger charge is -2.34. The van der Waals surface area contributed by atoms with Crippen molar-refractivity contribution in [3.63, 3.8) is 0 Å². The minimum Gasteiger partial charge on any atom is -0.497 e. The van der Waals surface area contributed by atoms with Gasteiger partial charge in [0, 0.05) is 31.2 Å². The SMILES string of the molecule is COc1ccc(NC2CCCN(C(=O)CCCS(N)(=O)=O)C2)cc1. The van der Waals surface area contributed by atoms with Crippen LogP contribution in [-0.2, 0) is 14.8 Å². The number of nitrogens with one attached hydrogen (secondary N) is 1. The smallest absolute Gasteiger partial charge is 0.222 e. The van der Waals surface area contributed by atoms with E-state index in [1.165, 1.54) is 0 Å². The Hall–Kier alpha value is -1.80. The van der Waals surface area contributed by atoms with Crippen molar-refractivity contribution in [2.75, 3.05) is 31.3 Å². The predicted molar refractivity (Wildman–Crippen MR) is 93.4 cm³/mol. The molecule has 24 heavy (non-hydrogen) atoms. The van der Waals surface area contributed by atoms with E-state index >= 15 is 0 Å². The zero-order chi connectivity index (χ0) is 17.6. The Labute approximate surface area is 143 Å². The summed E-state index contributed by atoms with van der Waals surface area (Å²) in [5.41, 5.74) is 0.990. The van der Waals surface area contributed by atoms with Gasteiger partial charge in [-0.05, 0) is 43.5 Å². The molecule has 134 valence electrons. The third kappa shape index (κ3) is 6.01. The van der Waals surface area contributed by atoms with Crippen LogP contribution in [0.3, 0.4) is 0 Å². The van der Waals surface area contributed by atoms with Gasteiger partial charge in [-0.15, -0.1) is 0 Å². The van der Waals surface area contributed by atoms with E-state index < -0.39 is 10.0 Å². The normalized spacial score (nSPS) is 18.2. The van der Waals surface area contributed by atoms with E-state index in [-0.39, 0.29) is 30.5 Å². The highest BCUT2D eigenvalue weighted by Gasteiger charge is 2.23. The highest BCUT2D eigenvalue weighted by molar-refractivity contribution is 7.89. The fourth-order valence-corrected chi connectivity index (χ4v) is 3.37. The first-order chi connectivity index (χ1) is 11.4. The van der Waals surface area contributed by atoms with Crippen LogP contribution in [0.1, 0.15) is 25.7 Å². The number of hydrogen-bond acceptors (Lipinski definition) is 5. The molecule has 1 aromatic carbocycles. The number of likely N-dealkylation sites (tertiary alicyclic amines) is 1. The fraction of sp³-hybridized carbons (Fsp3) is 0.562. The Bertz CT molecular complexity index is 646. The molecule has 1 atom stereocenters. The van der Waals surface area contributed by atoms with Gasteiger partial charge in [0.15, 0.2) is 0 Å². The number of benzene rings is 1. The summed E-state index contributed by atoms with van der Waals surface area (Å²) in [4.78, 5) is 14.0. The van der Waals surface area contributed by atoms with Crippen LogP contribution in [0.25, 0.3) is 0 Å². The fourth-order valence-electron chi connectivity index (χ4n) is 2.83. The molecule has 0 aromatic heterocycles. The topological polar surface area (TPSA) is 102 Å². The predicted octanol–water partition coefficient (Wildman–Crippen LogP) is 1.17. The lowest BCUT2D eigenvalue weighted by Crippen LogP contribution is -2.45. The van der Waals surface area contributed by atoms with Gasteiger partial charge in [0.1, 0.15) is 5.75 Å². The van der Waals surface area contributed by atoms with Crippen molar-refractivity contribution in [2.45, 2.75) is 31.7 Å². The number of ether oxygens (including phenoxy) is 1. The van der Waals surface area contributed by atoms with Gasteiger partial charge in [0.2, 0.25) is 15.9 Å². The molecule has 0 radical (unpaired) electrons. The van der Waals surface area contributed by atoms with E-state index in [9.17, 15) is 13.2 Å². The second kappa shape index (κ2) is 8.34. The number of nitrogens with zero attached hydrogens (tertiary/aromatic N) is 1. The lowest BCUT2D eigenvalue weighted by atomic mass is 10.0. The zero-order valence-electron chi connectivity index (χ0n) is 13.9. The Morgan fingerprint density at radius 2 is 2.08 bits per heavy atom. The van der Waals surface area contributed by atoms with Crippen LogP contribution in [0.5, 0.6) is 5.75 Å². The molecule has 7 nitrogen and oxygen atoms in total. The number of carbonyl (C=O) groups is 1. The Kier molecular flexibility index (Phi) is 6.44. The Balaban J connectivity index is 1.83. The first-order valence-corrected chi connectivity index (χ1v) is 9.78. The summed E-state index contributed by atoms with van der Waals surface area (Å²) < 4.78 is 27.0. The third-order valence-corrected chi connectivity index (χ3v) is 4.91. The molecule has 1 aliphatic heterocycles. The summed E-state index contributed by atoms with van der Waals surface area (Å²) in [5, 5.41) is 8.39. The average Bonchev–Trinajstić information content (AvgIpc) is 2.54. The highest BCUT2D eigenvalue weighted by atomic mass is 32.2. The average molecular weight is 355 g/mol. The summed E-state index contributed by atoms with van der Waals surface area (Å²) in [6.07, 6.45) is 2.40. The lowest BCUT2D eigenvalue weighted by molar-refractivity contribution is -0.132. The Morgan fingerprint density at radius 1 is 1.38 bits per heavy atom. The van der Waals surface area contributed by atoms with Gasteiger partial charge >= 0.3 is 0 Å². The molecule has 1 aromatic rings. The Morgan fingerprint density at radius 3 is 2.71 bits per heavy atom. The van der Waals surface area contributed by atoms with E-state index in [2.05, 4.69) is 5.32 Å². The maximum Gasteiger partial charge on any atom is 0.222 e. The van der Waals surface area contributed by atoms with E-state index in [1.54, 1.807) is 12.0 Å². The minimum absolute atomic E-state index is 0.0140. The van der Waals surface area contributed by atoms with Crippen LogP contribution < -0.4 is 15.2 Å². The number of hydrogen-bond donors (Lipinski definition) is 2. The maximum absolute atomic E-state index is 12.2. The number of sulfonamides is 1. The van der Waals surface area contributed by atoms with Crippen molar-refractivity contribution >= 4 is 21.6 Å². The molecule has 2 rings (SSSR count). The van der Waals surface area contributed by atoms with Crippen molar-refractivity contribution in [3.8, 4) is 5.75 Å². The number of rotatable bonds is 7. The maximum atomic E-state index is 12.2. The zero-order valence-corrected chi connectivity index (χ0v) is 14.7. The summed E-state index contributed by atoms with van der Waals surface area (Å²) in [6, 6.07) is 7.87. The number of methoxy groups -OCH3 is 1. The number of piperidine rings is 1. The van der Waals surface area contributed by atoms with Gasteiger partial charge in [0.05, 0.1) is 12.9 Å². The molecular weight excluding hydrogens is 330 g/mol. The summed E-state index contributed by atoms with van der Waals surface area (Å²) >= 11 is 0. The van der Waals surface area contributed by atoms with Crippen LogP contribution in [0.4, 0.5) is 5.69 Å². The number of primary sulfonamides is 1. The van der Waals surface area contributed by atoms with Crippen molar-refractivity contribution in [1.29, 1.82) is 0 Å². The standard InChI is InChI=1S/C16H25N3O4S/c1-23-15-8-6-13(7-9-15)18-14-4-2-10-19(12-14)16(20)5-3-11-24(17,21)22/h6-9,14,18H,2-5,10-12H2,1H3,(H2,17,21,22). The van der Waals surface area contributed by atoms with Crippen LogP contribution in [-0.4, -0.2) is 51.2 Å². The molecule has 3 N–H and O–H groups in total. The van der Waals surface area contributed by atoms with Gasteiger partial charge in [-0.1, -0.05) is 0 Å². The molecule has 1 heterocycles. The number of carbonyl (C=O) groups excluding carboxylic acids is 1. The van der Waals surface area contributed by atoms with Gasteiger partial charge in [-0.3, -0.25) is 4.79 Å². The molecule has 1 aliphatic rings. The second-order valence-corrected chi connectivity index (χ2v) is 7.76. The van der Waals surface area contributed by atoms with Gasteiger partial charge < -0.3 is 15.0 Å². The van der Waals surface area contributed by atoms with E-state index in [0.717, 1.165) is 30.8 Å². The van der Waals surface area contributed by atoms with Crippen LogP contribution in [0.15, 0.2) is 24.3 Å². The quantitative estimate of drug-likeness (QED) is 0.764. The van der Waals surface area contributed by atoms with Gasteiger partial charge in [-0.25, -0.2) is 13.6 Å². The van der Waals surface area contributed by atoms with Crippen LogP contribution in [0, 0.1) is 0 Å². The van der Waals surface area contributed by atoms with Gasteiger partial charge in [0.25, 0.3) is 0 Å². The van der Waals surface area contributed by atoms with Crippen LogP contribution in [0.2, 0.25) is 0 Å². The molecule has 1 amide bonds. The summed E-state index contributed by atoms with van der Waals surface area (Å²) in [7, 11) is -1.87. The van der Waals surface area contributed by atoms with Crippen molar-refractivity contribution < 1.29 is 17.9 Å². The van der Waals surface area contributed by atoms with E-state index in [0.29, 0.717) is 6.54 Å². The van der Waals surface area contributed by atoms with Crippen molar-refractivity contribution in [2.24, 2.45) is 5.14 Å². The number of amides is 1. The molecule has 1 fully saturated rings. The van der Waals surface area contributed by atoms with Crippen LogP contribution >= 0.6 is 0 Å². The molecule has 8 heteroatoms. The number of anilines is 1. The molecule has 0 saturated carbocycles. The van der Waals surface area contributed by atoms with Gasteiger partial charge in [-0.2, -0.15) is 0 Å². The van der Waals surface area contributed by atoms with E-state index in [4.69, 9.17) is 9.88 Å². The second-order valence-electron chi connectivity index (χ2n) is 6.02. The molecular formula is C16H25N3O4S. The third-order valence-electron chi connectivity index (χ3n) is 4.05. The first kappa shape index (κ1) is 18.5. The molecule has 1 unspecified atom stereocenters. The monoisotopic (exact) mass is 355 g/mol. The molecule has 0 spiro atoms. The van der Waals surface area contributed by atoms with Crippen molar-refractivity contribution in [3.05, 3.63) is 24.3 Å². The first-order valence-electron chi connectivity index (χ1n) is 8.06. The molecule has 0 bridgehead atoms. The molecule has 0 aliphatic carbocycles. The minimum atomic E-state index is -3.50. The summed E-state index contributed by atoms with van der Waals surface area (Å²) in [6.45, 7) is 1.34. The highest BCUT2D eigenvalue weighted by Crippen LogP contribution is 2.19. The summed E-state index contributed by atoms with van der Waals surface area (Å²) in [5.74, 6) is 0.635. The van der Waals surface area contributed by atoms with Crippen molar-refractivity contribution in [1.82, 2.24) is 4.90 Å². The molecule has 1 saturated heterocycles. The number of nitrogens with two attached hydrogens (primary N) is 1. The van der Waals surface area contributed by atoms with E-state index in [1.807, 2.05) is 24.3 Å². The largest absolute Gasteiger partial charge is 0.497 e.